The molecular weight excluding hydrogens is 256 g/mol. The maximum atomic E-state index is 3.25. The molecule has 0 aromatic carbocycles. The summed E-state index contributed by atoms with van der Waals surface area (Å²) in [5.41, 5.74) is 0. The molecule has 0 fully saturated rings. The van der Waals surface area contributed by atoms with Crippen LogP contribution in [-0.2, 0) is 43.4 Å². The predicted octanol–water partition coefficient (Wildman–Crippen LogP) is 4.21. The average Bonchev–Trinajstić information content (AvgIpc) is 2.33. The Morgan fingerprint density at radius 2 is 0.333 bits per heavy atom. The smallest absolute Gasteiger partial charge is 0.412 e. The molecule has 0 aromatic heterocycles. The van der Waals surface area contributed by atoms with Crippen LogP contribution in [0, 0.1) is 41.5 Å². The Bertz CT molecular complexity index is 13.6. The molecule has 0 bridgehead atoms. The monoisotopic (exact) mass is 288 g/mol. The second-order valence-electron chi connectivity index (χ2n) is 0. The number of hydrogen-bond donors (Lipinski definition) is 0. The Kier molecular flexibility index (Phi) is 7830. The molecule has 0 aliphatic heterocycles. The molecule has 0 rings (SSSR count). The summed E-state index contributed by atoms with van der Waals surface area (Å²) in [6.45, 7) is 30.0. The van der Waals surface area contributed by atoms with Gasteiger partial charge in [0.25, 0.3) is 0 Å². The molecule has 1 nitrogen and oxygen atoms in total. The van der Waals surface area contributed by atoms with Gasteiger partial charge in [-0.05, 0) is 0 Å². The third-order valence-corrected chi connectivity index (χ3v) is 0. The zero-order chi connectivity index (χ0) is 12.0. The van der Waals surface area contributed by atoms with E-state index in [2.05, 4.69) is 41.5 Å². The van der Waals surface area contributed by atoms with Gasteiger partial charge in [0.05, 0.1) is 0 Å². The van der Waals surface area contributed by atoms with E-state index in [-0.39, 0.29) is 48.9 Å². The van der Waals surface area contributed by atoms with E-state index in [4.69, 9.17) is 0 Å². The van der Waals surface area contributed by atoms with Crippen molar-refractivity contribution < 1.29 is 48.9 Å². The number of rotatable bonds is 0. The normalized spacial score (nSPS) is 2.40. The molecule has 0 spiro atoms. The molecule has 94 valence electrons. The van der Waals surface area contributed by atoms with Crippen LogP contribution in [0.2, 0.25) is 0 Å². The van der Waals surface area contributed by atoms with E-state index in [0.29, 0.717) is 0 Å². The third-order valence-electron chi connectivity index (χ3n) is 0. The summed E-state index contributed by atoms with van der Waals surface area (Å²) in [5, 5.41) is 0. The zero-order valence-electron chi connectivity index (χ0n) is 11.7. The van der Waals surface area contributed by atoms with E-state index < -0.39 is 0 Å². The molecule has 15 heavy (non-hydrogen) atoms. The van der Waals surface area contributed by atoms with Gasteiger partial charge in [-0.15, -0.1) is 0 Å². The van der Waals surface area contributed by atoms with Gasteiger partial charge in [0, 0.05) is 0 Å². The average molecular weight is 288 g/mol. The van der Waals surface area contributed by atoms with Gasteiger partial charge < -0.3 is 47.0 Å². The summed E-state index contributed by atoms with van der Waals surface area (Å²) in [7, 11) is 0. The molecule has 0 aromatic rings. The summed E-state index contributed by atoms with van der Waals surface area (Å²) in [6, 6.07) is 0. The van der Waals surface area contributed by atoms with Crippen molar-refractivity contribution in [3.63, 3.8) is 0 Å². The molecule has 2 radical (unpaired) electrons. The van der Waals surface area contributed by atoms with E-state index in [1.165, 1.54) is 0 Å². The molecule has 0 atom stereocenters. The first-order valence-electron chi connectivity index (χ1n) is 4.24. The Morgan fingerprint density at radius 3 is 0.333 bits per heavy atom. The van der Waals surface area contributed by atoms with Crippen LogP contribution in [0.4, 0.5) is 0 Å². The minimum Gasteiger partial charge on any atom is -0.412 e. The fourth-order valence-corrected chi connectivity index (χ4v) is 0. The zero-order valence-corrected chi connectivity index (χ0v) is 14.9. The Labute approximate surface area is 131 Å². The molecule has 0 saturated heterocycles. The van der Waals surface area contributed by atoms with Crippen LogP contribution in [0.25, 0.3) is 0 Å². The van der Waals surface area contributed by atoms with E-state index in [1.807, 2.05) is 0 Å². The van der Waals surface area contributed by atoms with Crippen molar-refractivity contribution in [2.24, 2.45) is 0 Å². The molecule has 0 unspecified atom stereocenters. The van der Waals surface area contributed by atoms with Crippen LogP contribution in [0.15, 0.2) is 0 Å². The predicted molar refractivity (Wildman–Crippen MR) is 69.8 cm³/mol. The van der Waals surface area contributed by atoms with Gasteiger partial charge in [-0.2, -0.15) is 41.5 Å². The standard InChI is InChI=1S/6C2H5.H2O.2Ti/c6*1-2;;;/h6*1H2,2H3;1H2;;/q6*-1;;2*+3. The summed E-state index contributed by atoms with van der Waals surface area (Å²) in [5.74, 6) is 0. The SMILES string of the molecule is O.[CH2-]C.[CH2-]C.[CH2-]C.[CH2-]C.[CH2-]C.[CH2-]C.[Ti+3].[Ti+3]. The second kappa shape index (κ2) is 1650. The molecule has 0 aliphatic carbocycles. The molecular formula is C12H32OTi2. The van der Waals surface area contributed by atoms with Gasteiger partial charge in [0.1, 0.15) is 0 Å². The van der Waals surface area contributed by atoms with Crippen molar-refractivity contribution >= 4 is 0 Å². The maximum absolute atomic E-state index is 3.25. The fourth-order valence-electron chi connectivity index (χ4n) is 0. The van der Waals surface area contributed by atoms with Crippen molar-refractivity contribution in [1.82, 2.24) is 0 Å². The fraction of sp³-hybridized carbons (Fsp3) is 0.500. The molecule has 0 aliphatic rings. The second-order valence-corrected chi connectivity index (χ2v) is 0. The molecule has 3 heteroatoms. The summed E-state index contributed by atoms with van der Waals surface area (Å²) in [4.78, 5) is 0. The van der Waals surface area contributed by atoms with Gasteiger partial charge in [-0.25, -0.2) is 0 Å². The first kappa shape index (κ1) is 71.1. The van der Waals surface area contributed by atoms with Crippen molar-refractivity contribution in [2.45, 2.75) is 41.5 Å². The van der Waals surface area contributed by atoms with E-state index in [0.717, 1.165) is 0 Å². The summed E-state index contributed by atoms with van der Waals surface area (Å²) < 4.78 is 0. The topological polar surface area (TPSA) is 31.5 Å². The molecule has 0 amide bonds. The van der Waals surface area contributed by atoms with Crippen LogP contribution in [0.3, 0.4) is 0 Å². The third kappa shape index (κ3) is 1430. The Hall–Kier alpha value is 1.39. The van der Waals surface area contributed by atoms with Gasteiger partial charge >= 0.3 is 43.4 Å². The largest absolute Gasteiger partial charge is 3.00 e. The van der Waals surface area contributed by atoms with Gasteiger partial charge in [-0.3, -0.25) is 0 Å². The molecule has 2 N–H and O–H groups in total. The minimum atomic E-state index is 0. The van der Waals surface area contributed by atoms with Crippen molar-refractivity contribution in [2.75, 3.05) is 0 Å². The molecule has 0 heterocycles. The van der Waals surface area contributed by atoms with Crippen LogP contribution in [0.5, 0.6) is 0 Å². The van der Waals surface area contributed by atoms with Crippen molar-refractivity contribution in [1.29, 1.82) is 0 Å². The summed E-state index contributed by atoms with van der Waals surface area (Å²) in [6.07, 6.45) is 0. The van der Waals surface area contributed by atoms with Crippen LogP contribution in [-0.4, -0.2) is 5.48 Å². The van der Waals surface area contributed by atoms with Crippen LogP contribution >= 0.6 is 0 Å². The van der Waals surface area contributed by atoms with Crippen LogP contribution in [0.1, 0.15) is 41.5 Å². The van der Waals surface area contributed by atoms with Crippen LogP contribution < -0.4 is 0 Å². The van der Waals surface area contributed by atoms with Gasteiger partial charge in [0.2, 0.25) is 0 Å². The minimum absolute atomic E-state index is 0. The summed E-state index contributed by atoms with van der Waals surface area (Å²) >= 11 is 0. The number of hydrogen-bond acceptors (Lipinski definition) is 0. The maximum Gasteiger partial charge on any atom is 3.00 e. The first-order chi connectivity index (χ1) is 6.00. The van der Waals surface area contributed by atoms with Gasteiger partial charge in [0.15, 0.2) is 0 Å². The quantitative estimate of drug-likeness (QED) is 0.472. The van der Waals surface area contributed by atoms with E-state index in [1.54, 1.807) is 41.5 Å². The van der Waals surface area contributed by atoms with E-state index >= 15 is 0 Å². The Balaban J connectivity index is -0.00000000396. The molecule has 0 saturated carbocycles. The Morgan fingerprint density at radius 1 is 0.333 bits per heavy atom. The van der Waals surface area contributed by atoms with Crippen molar-refractivity contribution in [3.05, 3.63) is 41.5 Å². The first-order valence-corrected chi connectivity index (χ1v) is 4.24. The van der Waals surface area contributed by atoms with Gasteiger partial charge in [-0.1, -0.05) is 0 Å². The van der Waals surface area contributed by atoms with Crippen molar-refractivity contribution in [3.8, 4) is 0 Å². The van der Waals surface area contributed by atoms with E-state index in [9.17, 15) is 0 Å².